The highest BCUT2D eigenvalue weighted by atomic mass is 32.2. The van der Waals surface area contributed by atoms with E-state index >= 15 is 0 Å². The zero-order chi connectivity index (χ0) is 19.7. The molecule has 140 valence electrons. The molecule has 26 heavy (non-hydrogen) atoms. The molecule has 0 aromatic heterocycles. The average molecular weight is 386 g/mol. The van der Waals surface area contributed by atoms with Crippen LogP contribution in [-0.2, 0) is 10.0 Å². The summed E-state index contributed by atoms with van der Waals surface area (Å²) in [5.41, 5.74) is -1.38. The summed E-state index contributed by atoms with van der Waals surface area (Å²) in [4.78, 5) is 12.1. The van der Waals surface area contributed by atoms with Crippen LogP contribution in [0.1, 0.15) is 31.1 Å². The number of carbonyl (C=O) groups is 1. The molecule has 0 aliphatic rings. The number of anilines is 1. The van der Waals surface area contributed by atoms with Crippen LogP contribution in [0.15, 0.2) is 41.3 Å². The Kier molecular flexibility index (Phi) is 5.43. The zero-order valence-corrected chi connectivity index (χ0v) is 15.0. The van der Waals surface area contributed by atoms with E-state index in [9.17, 15) is 26.4 Å². The molecule has 1 amide bonds. The maximum absolute atomic E-state index is 13.7. The maximum Gasteiger partial charge on any atom is 0.255 e. The summed E-state index contributed by atoms with van der Waals surface area (Å²) >= 11 is 0. The van der Waals surface area contributed by atoms with Gasteiger partial charge in [-0.25, -0.2) is 26.3 Å². The number of sulfonamides is 1. The van der Waals surface area contributed by atoms with Crippen molar-refractivity contribution < 1.29 is 26.4 Å². The molecule has 0 saturated heterocycles. The summed E-state index contributed by atoms with van der Waals surface area (Å²) in [6, 6.07) is 6.58. The van der Waals surface area contributed by atoms with Crippen LogP contribution >= 0.6 is 0 Å². The predicted octanol–water partition coefficient (Wildman–Crippen LogP) is 3.43. The molecule has 2 rings (SSSR count). The first-order chi connectivity index (χ1) is 11.9. The third-order valence-corrected chi connectivity index (χ3v) is 4.89. The Bertz CT molecular complexity index is 954. The molecular weight excluding hydrogens is 369 g/mol. The molecule has 0 fully saturated rings. The number of amides is 1. The van der Waals surface area contributed by atoms with Gasteiger partial charge in [-0.1, -0.05) is 6.07 Å². The Morgan fingerprint density at radius 3 is 2.27 bits per heavy atom. The zero-order valence-electron chi connectivity index (χ0n) is 14.2. The quantitative estimate of drug-likeness (QED) is 0.791. The Morgan fingerprint density at radius 2 is 1.65 bits per heavy atom. The summed E-state index contributed by atoms with van der Waals surface area (Å²) in [6.07, 6.45) is 0. The second-order valence-electron chi connectivity index (χ2n) is 6.56. The van der Waals surface area contributed by atoms with Crippen LogP contribution in [0.25, 0.3) is 0 Å². The topological polar surface area (TPSA) is 75.3 Å². The summed E-state index contributed by atoms with van der Waals surface area (Å²) in [6.45, 7) is 4.98. The van der Waals surface area contributed by atoms with Crippen LogP contribution in [0.4, 0.5) is 18.9 Å². The lowest BCUT2D eigenvalue weighted by Gasteiger charge is -2.20. The molecule has 0 bridgehead atoms. The van der Waals surface area contributed by atoms with E-state index in [1.54, 1.807) is 20.8 Å². The smallest absolute Gasteiger partial charge is 0.255 e. The largest absolute Gasteiger partial charge is 0.319 e. The highest BCUT2D eigenvalue weighted by Gasteiger charge is 2.23. The predicted molar refractivity (Wildman–Crippen MR) is 90.8 cm³/mol. The lowest BCUT2D eigenvalue weighted by molar-refractivity contribution is 0.102. The fourth-order valence-corrected chi connectivity index (χ4v) is 3.55. The highest BCUT2D eigenvalue weighted by Crippen LogP contribution is 2.21. The van der Waals surface area contributed by atoms with Crippen LogP contribution in [0, 0.1) is 17.5 Å². The number of benzene rings is 2. The molecule has 2 N–H and O–H groups in total. The van der Waals surface area contributed by atoms with E-state index < -0.39 is 44.6 Å². The second kappa shape index (κ2) is 7.08. The molecule has 0 spiro atoms. The number of hydrogen-bond acceptors (Lipinski definition) is 3. The molecule has 9 heteroatoms. The number of carbonyl (C=O) groups excluding carboxylic acids is 1. The van der Waals surface area contributed by atoms with E-state index in [2.05, 4.69) is 10.0 Å². The number of nitrogens with one attached hydrogen (secondary N) is 2. The molecular formula is C17H17F3N2O3S. The van der Waals surface area contributed by atoms with Crippen LogP contribution in [0.2, 0.25) is 0 Å². The van der Waals surface area contributed by atoms with Crippen molar-refractivity contribution in [2.45, 2.75) is 31.2 Å². The fraction of sp³-hybridized carbons (Fsp3) is 0.235. The first-order valence-corrected chi connectivity index (χ1v) is 8.98. The van der Waals surface area contributed by atoms with Crippen LogP contribution in [-0.4, -0.2) is 19.9 Å². The van der Waals surface area contributed by atoms with Crippen molar-refractivity contribution in [3.8, 4) is 0 Å². The van der Waals surface area contributed by atoms with Crippen molar-refractivity contribution in [3.05, 3.63) is 59.4 Å². The van der Waals surface area contributed by atoms with Gasteiger partial charge >= 0.3 is 0 Å². The standard InChI is InChI=1S/C17H17F3N2O3S/c1-17(2,3)22-26(24,25)11-6-4-5-10(9-11)16(23)21-13-8-7-12(18)14(19)15(13)20/h4-9,22H,1-3H3,(H,21,23). The van der Waals surface area contributed by atoms with Gasteiger partial charge in [0.15, 0.2) is 17.5 Å². The fourth-order valence-electron chi connectivity index (χ4n) is 2.08. The third kappa shape index (κ3) is 4.61. The minimum absolute atomic E-state index is 0.0917. The number of halogens is 3. The van der Waals surface area contributed by atoms with E-state index in [1.165, 1.54) is 18.2 Å². The monoisotopic (exact) mass is 386 g/mol. The molecule has 5 nitrogen and oxygen atoms in total. The maximum atomic E-state index is 13.7. The SMILES string of the molecule is CC(C)(C)NS(=O)(=O)c1cccc(C(=O)Nc2ccc(F)c(F)c2F)c1. The van der Waals surface area contributed by atoms with E-state index in [0.29, 0.717) is 6.07 Å². The van der Waals surface area contributed by atoms with E-state index in [4.69, 9.17) is 0 Å². The van der Waals surface area contributed by atoms with E-state index in [0.717, 1.165) is 12.1 Å². The van der Waals surface area contributed by atoms with Gasteiger partial charge in [-0.3, -0.25) is 4.79 Å². The second-order valence-corrected chi connectivity index (χ2v) is 8.24. The van der Waals surface area contributed by atoms with Gasteiger partial charge in [-0.15, -0.1) is 0 Å². The van der Waals surface area contributed by atoms with Gasteiger partial charge in [-0.05, 0) is 51.1 Å². The minimum atomic E-state index is -3.88. The van der Waals surface area contributed by atoms with Crippen LogP contribution in [0.5, 0.6) is 0 Å². The lowest BCUT2D eigenvalue weighted by atomic mass is 10.1. The molecule has 0 saturated carbocycles. The van der Waals surface area contributed by atoms with Gasteiger partial charge in [0.1, 0.15) is 0 Å². The van der Waals surface area contributed by atoms with Crippen LogP contribution < -0.4 is 10.0 Å². The Hall–Kier alpha value is -2.39. The Balaban J connectivity index is 2.31. The van der Waals surface area contributed by atoms with E-state index in [1.807, 2.05) is 0 Å². The lowest BCUT2D eigenvalue weighted by Crippen LogP contribution is -2.40. The minimum Gasteiger partial charge on any atom is -0.319 e. The van der Waals surface area contributed by atoms with Gasteiger partial charge in [0.25, 0.3) is 5.91 Å². The number of hydrogen-bond donors (Lipinski definition) is 2. The summed E-state index contributed by atoms with van der Waals surface area (Å²) in [7, 11) is -3.88. The normalized spacial score (nSPS) is 12.1. The first kappa shape index (κ1) is 19.9. The summed E-state index contributed by atoms with van der Waals surface area (Å²) in [5.74, 6) is -5.52. The molecule has 0 aliphatic carbocycles. The van der Waals surface area contributed by atoms with Gasteiger partial charge in [0, 0.05) is 11.1 Å². The molecule has 0 heterocycles. The van der Waals surface area contributed by atoms with Gasteiger partial charge in [-0.2, -0.15) is 0 Å². The van der Waals surface area contributed by atoms with Gasteiger partial charge < -0.3 is 5.32 Å². The van der Waals surface area contributed by atoms with Crippen molar-refractivity contribution in [3.63, 3.8) is 0 Å². The molecule has 2 aromatic rings. The van der Waals surface area contributed by atoms with Crippen LogP contribution in [0.3, 0.4) is 0 Å². The Morgan fingerprint density at radius 1 is 1.00 bits per heavy atom. The van der Waals surface area contributed by atoms with Crippen molar-refractivity contribution in [1.82, 2.24) is 4.72 Å². The highest BCUT2D eigenvalue weighted by molar-refractivity contribution is 7.89. The first-order valence-electron chi connectivity index (χ1n) is 7.49. The van der Waals surface area contributed by atoms with Crippen molar-refractivity contribution >= 4 is 21.6 Å². The molecule has 2 aromatic carbocycles. The van der Waals surface area contributed by atoms with Crippen molar-refractivity contribution in [1.29, 1.82) is 0 Å². The molecule has 0 aliphatic heterocycles. The average Bonchev–Trinajstić information content (AvgIpc) is 2.53. The summed E-state index contributed by atoms with van der Waals surface area (Å²) < 4.78 is 66.9. The molecule has 0 radical (unpaired) electrons. The third-order valence-electron chi connectivity index (χ3n) is 3.13. The van der Waals surface area contributed by atoms with E-state index in [-0.39, 0.29) is 10.5 Å². The van der Waals surface area contributed by atoms with Crippen molar-refractivity contribution in [2.24, 2.45) is 0 Å². The van der Waals surface area contributed by atoms with Gasteiger partial charge in [0.05, 0.1) is 10.6 Å². The van der Waals surface area contributed by atoms with Crippen molar-refractivity contribution in [2.75, 3.05) is 5.32 Å². The summed E-state index contributed by atoms with van der Waals surface area (Å²) in [5, 5.41) is 2.09. The number of rotatable bonds is 4. The molecule has 0 atom stereocenters. The Labute approximate surface area is 149 Å². The molecule has 0 unspecified atom stereocenters. The van der Waals surface area contributed by atoms with Gasteiger partial charge in [0.2, 0.25) is 10.0 Å².